The van der Waals surface area contributed by atoms with E-state index < -0.39 is 5.97 Å². The van der Waals surface area contributed by atoms with E-state index in [9.17, 15) is 9.59 Å². The number of thioether (sulfide) groups is 1. The van der Waals surface area contributed by atoms with E-state index in [0.29, 0.717) is 11.4 Å². The SMILES string of the molecule is COC(=O)/C=C1\Sc2ccccc2N(Cc2ccccc2)C1=O. The fraction of sp³-hybridized carbons (Fsp3) is 0.111. The minimum absolute atomic E-state index is 0.192. The van der Waals surface area contributed by atoms with Gasteiger partial charge in [0.05, 0.1) is 24.2 Å². The van der Waals surface area contributed by atoms with Gasteiger partial charge in [0.15, 0.2) is 0 Å². The molecule has 0 saturated heterocycles. The number of nitrogens with zero attached hydrogens (tertiary/aromatic N) is 1. The Bertz CT molecular complexity index is 771. The van der Waals surface area contributed by atoms with Gasteiger partial charge >= 0.3 is 5.97 Å². The molecule has 0 atom stereocenters. The lowest BCUT2D eigenvalue weighted by atomic mass is 10.2. The third kappa shape index (κ3) is 3.29. The normalized spacial score (nSPS) is 15.4. The molecule has 0 unspecified atom stereocenters. The number of methoxy groups -OCH3 is 1. The largest absolute Gasteiger partial charge is 0.466 e. The predicted molar refractivity (Wildman–Crippen MR) is 90.0 cm³/mol. The number of carbonyl (C=O) groups is 2. The monoisotopic (exact) mass is 325 g/mol. The minimum atomic E-state index is -0.528. The maximum Gasteiger partial charge on any atom is 0.331 e. The van der Waals surface area contributed by atoms with Crippen LogP contribution in [0.2, 0.25) is 0 Å². The predicted octanol–water partition coefficient (Wildman–Crippen LogP) is 3.38. The molecule has 4 nitrogen and oxygen atoms in total. The van der Waals surface area contributed by atoms with Crippen LogP contribution in [0, 0.1) is 0 Å². The smallest absolute Gasteiger partial charge is 0.331 e. The van der Waals surface area contributed by atoms with Gasteiger partial charge in [-0.2, -0.15) is 0 Å². The Morgan fingerprint density at radius 3 is 2.57 bits per heavy atom. The van der Waals surface area contributed by atoms with Crippen LogP contribution in [0.1, 0.15) is 5.56 Å². The Balaban J connectivity index is 2.00. The third-order valence-electron chi connectivity index (χ3n) is 3.47. The first-order valence-electron chi connectivity index (χ1n) is 7.11. The Morgan fingerprint density at radius 2 is 1.83 bits per heavy atom. The molecule has 116 valence electrons. The average molecular weight is 325 g/mol. The summed E-state index contributed by atoms with van der Waals surface area (Å²) >= 11 is 1.29. The van der Waals surface area contributed by atoms with Gasteiger partial charge in [-0.25, -0.2) is 4.79 Å². The second-order valence-electron chi connectivity index (χ2n) is 4.98. The van der Waals surface area contributed by atoms with Gasteiger partial charge in [0, 0.05) is 11.0 Å². The van der Waals surface area contributed by atoms with Gasteiger partial charge in [-0.05, 0) is 17.7 Å². The fourth-order valence-electron chi connectivity index (χ4n) is 2.35. The summed E-state index contributed by atoms with van der Waals surface area (Å²) in [6.45, 7) is 0.454. The molecule has 5 heteroatoms. The van der Waals surface area contributed by atoms with E-state index in [1.807, 2.05) is 54.6 Å². The van der Waals surface area contributed by atoms with E-state index >= 15 is 0 Å². The zero-order valence-electron chi connectivity index (χ0n) is 12.6. The van der Waals surface area contributed by atoms with Crippen molar-refractivity contribution >= 4 is 29.3 Å². The zero-order chi connectivity index (χ0) is 16.2. The summed E-state index contributed by atoms with van der Waals surface area (Å²) in [5.41, 5.74) is 1.88. The van der Waals surface area contributed by atoms with Crippen molar-refractivity contribution in [3.8, 4) is 0 Å². The molecule has 23 heavy (non-hydrogen) atoms. The van der Waals surface area contributed by atoms with Gasteiger partial charge < -0.3 is 9.64 Å². The number of hydrogen-bond acceptors (Lipinski definition) is 4. The van der Waals surface area contributed by atoms with Crippen molar-refractivity contribution in [2.24, 2.45) is 0 Å². The Labute approximate surface area is 138 Å². The van der Waals surface area contributed by atoms with Crippen molar-refractivity contribution in [1.29, 1.82) is 0 Å². The van der Waals surface area contributed by atoms with E-state index in [4.69, 9.17) is 0 Å². The molecule has 0 radical (unpaired) electrons. The van der Waals surface area contributed by atoms with E-state index in [1.165, 1.54) is 24.9 Å². The Morgan fingerprint density at radius 1 is 1.13 bits per heavy atom. The number of para-hydroxylation sites is 1. The first kappa shape index (κ1) is 15.4. The van der Waals surface area contributed by atoms with E-state index in [0.717, 1.165) is 16.1 Å². The topological polar surface area (TPSA) is 46.6 Å². The molecular weight excluding hydrogens is 310 g/mol. The highest BCUT2D eigenvalue weighted by Gasteiger charge is 2.29. The Hall–Kier alpha value is -2.53. The number of fused-ring (bicyclic) bond motifs is 1. The number of rotatable bonds is 3. The van der Waals surface area contributed by atoms with Crippen LogP contribution in [0.3, 0.4) is 0 Å². The van der Waals surface area contributed by atoms with Gasteiger partial charge in [-0.3, -0.25) is 4.79 Å². The summed E-state index contributed by atoms with van der Waals surface area (Å²) in [5.74, 6) is -0.720. The van der Waals surface area contributed by atoms with Crippen molar-refractivity contribution < 1.29 is 14.3 Å². The van der Waals surface area contributed by atoms with Crippen molar-refractivity contribution in [2.75, 3.05) is 12.0 Å². The molecule has 2 aromatic rings. The quantitative estimate of drug-likeness (QED) is 0.641. The summed E-state index contributed by atoms with van der Waals surface area (Å²) in [5, 5.41) is 0. The van der Waals surface area contributed by atoms with Gasteiger partial charge in [0.25, 0.3) is 5.91 Å². The van der Waals surface area contributed by atoms with Crippen LogP contribution in [0.4, 0.5) is 5.69 Å². The molecule has 1 amide bonds. The number of esters is 1. The first-order valence-corrected chi connectivity index (χ1v) is 7.93. The fourth-order valence-corrected chi connectivity index (χ4v) is 3.37. The second-order valence-corrected chi connectivity index (χ2v) is 6.06. The van der Waals surface area contributed by atoms with Crippen LogP contribution >= 0.6 is 11.8 Å². The minimum Gasteiger partial charge on any atom is -0.466 e. The highest BCUT2D eigenvalue weighted by Crippen LogP contribution is 2.41. The number of carbonyl (C=O) groups excluding carboxylic acids is 2. The summed E-state index contributed by atoms with van der Waals surface area (Å²) in [6.07, 6.45) is 1.25. The molecule has 0 aromatic heterocycles. The molecule has 2 aromatic carbocycles. The van der Waals surface area contributed by atoms with Crippen LogP contribution in [0.5, 0.6) is 0 Å². The molecule has 1 aliphatic rings. The van der Waals surface area contributed by atoms with Crippen molar-refractivity contribution in [1.82, 2.24) is 0 Å². The molecule has 1 aliphatic heterocycles. The molecule has 3 rings (SSSR count). The lowest BCUT2D eigenvalue weighted by molar-refractivity contribution is -0.135. The second kappa shape index (κ2) is 6.71. The summed E-state index contributed by atoms with van der Waals surface area (Å²) in [4.78, 5) is 27.3. The van der Waals surface area contributed by atoms with Crippen LogP contribution in [0.25, 0.3) is 0 Å². The average Bonchev–Trinajstić information content (AvgIpc) is 2.59. The molecule has 0 aliphatic carbocycles. The lowest BCUT2D eigenvalue weighted by Gasteiger charge is -2.30. The van der Waals surface area contributed by atoms with E-state index in [-0.39, 0.29) is 5.91 Å². The van der Waals surface area contributed by atoms with E-state index in [2.05, 4.69) is 4.74 Å². The third-order valence-corrected chi connectivity index (χ3v) is 4.54. The maximum absolute atomic E-state index is 12.8. The molecule has 0 N–H and O–H groups in total. The van der Waals surface area contributed by atoms with Crippen LogP contribution in [-0.2, 0) is 20.9 Å². The molecule has 0 spiro atoms. The molecule has 0 fully saturated rings. The summed E-state index contributed by atoms with van der Waals surface area (Å²) in [6, 6.07) is 17.4. The highest BCUT2D eigenvalue weighted by molar-refractivity contribution is 8.04. The molecule has 0 saturated carbocycles. The number of amides is 1. The standard InChI is InChI=1S/C18H15NO3S/c1-22-17(20)11-16-18(21)19(12-13-7-3-2-4-8-13)14-9-5-6-10-15(14)23-16/h2-11H,12H2,1H3/b16-11-. The number of ether oxygens (including phenoxy) is 1. The van der Waals surface area contributed by atoms with Crippen molar-refractivity contribution in [2.45, 2.75) is 11.4 Å². The highest BCUT2D eigenvalue weighted by atomic mass is 32.2. The summed E-state index contributed by atoms with van der Waals surface area (Å²) < 4.78 is 4.64. The molecule has 1 heterocycles. The van der Waals surface area contributed by atoms with Gasteiger partial charge in [0.1, 0.15) is 0 Å². The van der Waals surface area contributed by atoms with Gasteiger partial charge in [-0.15, -0.1) is 0 Å². The maximum atomic E-state index is 12.8. The van der Waals surface area contributed by atoms with Gasteiger partial charge in [-0.1, -0.05) is 54.2 Å². The number of hydrogen-bond donors (Lipinski definition) is 0. The Kier molecular flexibility index (Phi) is 4.48. The van der Waals surface area contributed by atoms with Gasteiger partial charge in [0.2, 0.25) is 0 Å². The zero-order valence-corrected chi connectivity index (χ0v) is 13.4. The first-order chi connectivity index (χ1) is 11.2. The summed E-state index contributed by atoms with van der Waals surface area (Å²) in [7, 11) is 1.30. The number of benzene rings is 2. The van der Waals surface area contributed by atoms with Crippen molar-refractivity contribution in [3.05, 3.63) is 71.1 Å². The van der Waals surface area contributed by atoms with E-state index in [1.54, 1.807) is 4.90 Å². The van der Waals surface area contributed by atoms with Crippen LogP contribution in [-0.4, -0.2) is 19.0 Å². The lowest BCUT2D eigenvalue weighted by Crippen LogP contribution is -2.34. The van der Waals surface area contributed by atoms with Crippen molar-refractivity contribution in [3.63, 3.8) is 0 Å². The molecular formula is C18H15NO3S. The van der Waals surface area contributed by atoms with Crippen LogP contribution < -0.4 is 4.90 Å². The number of anilines is 1. The van der Waals surface area contributed by atoms with Crippen LogP contribution in [0.15, 0.2) is 70.5 Å². The molecule has 0 bridgehead atoms.